The van der Waals surface area contributed by atoms with Crippen molar-refractivity contribution in [1.29, 1.82) is 0 Å². The van der Waals surface area contributed by atoms with E-state index < -0.39 is 12.7 Å². The topological polar surface area (TPSA) is 34.9 Å². The van der Waals surface area contributed by atoms with Crippen LogP contribution in [-0.2, 0) is 13.0 Å². The van der Waals surface area contributed by atoms with Gasteiger partial charge in [0.15, 0.2) is 5.78 Å². The first-order chi connectivity index (χ1) is 7.38. The molecule has 0 amide bonds. The molecule has 0 N–H and O–H groups in total. The summed E-state index contributed by atoms with van der Waals surface area (Å²) in [6.07, 6.45) is -2.79. The minimum Gasteiger partial charge on any atom is -0.294 e. The number of aryl methyl sites for hydroxylation is 1. The van der Waals surface area contributed by atoms with E-state index in [2.05, 4.69) is 5.10 Å². The molecule has 1 aromatic heterocycles. The highest BCUT2D eigenvalue weighted by molar-refractivity contribution is 5.99. The number of ketones is 1. The number of rotatable bonds is 1. The Bertz CT molecular complexity index is 434. The zero-order chi connectivity index (χ0) is 11.9. The number of fused-ring (bicyclic) bond motifs is 1. The van der Waals surface area contributed by atoms with Crippen LogP contribution in [0, 0.1) is 6.92 Å². The second-order valence-corrected chi connectivity index (χ2v) is 3.96. The first-order valence-corrected chi connectivity index (χ1v) is 5.05. The quantitative estimate of drug-likeness (QED) is 0.744. The SMILES string of the molecule is Cc1nn(CC(F)(F)F)c2c1C(=O)CCC2. The van der Waals surface area contributed by atoms with Gasteiger partial charge in [0.2, 0.25) is 0 Å². The van der Waals surface area contributed by atoms with Crippen molar-refractivity contribution in [2.24, 2.45) is 0 Å². The maximum Gasteiger partial charge on any atom is 0.408 e. The molecule has 0 bridgehead atoms. The molecule has 6 heteroatoms. The van der Waals surface area contributed by atoms with Gasteiger partial charge in [-0.05, 0) is 19.8 Å². The normalized spacial score (nSPS) is 16.4. The lowest BCUT2D eigenvalue weighted by Gasteiger charge is -2.14. The zero-order valence-corrected chi connectivity index (χ0v) is 8.76. The molecule has 2 rings (SSSR count). The van der Waals surface area contributed by atoms with Gasteiger partial charge in [-0.25, -0.2) is 0 Å². The summed E-state index contributed by atoms with van der Waals surface area (Å²) in [6.45, 7) is 0.464. The Kier molecular flexibility index (Phi) is 2.52. The first kappa shape index (κ1) is 11.2. The maximum atomic E-state index is 12.3. The number of aromatic nitrogens is 2. The van der Waals surface area contributed by atoms with Gasteiger partial charge in [-0.3, -0.25) is 9.48 Å². The zero-order valence-electron chi connectivity index (χ0n) is 8.76. The van der Waals surface area contributed by atoms with Crippen LogP contribution in [0.4, 0.5) is 13.2 Å². The molecule has 0 saturated heterocycles. The molecule has 0 aromatic carbocycles. The molecule has 0 saturated carbocycles. The number of carbonyl (C=O) groups is 1. The molecule has 1 aliphatic carbocycles. The average molecular weight is 232 g/mol. The van der Waals surface area contributed by atoms with E-state index in [1.165, 1.54) is 0 Å². The summed E-state index contributed by atoms with van der Waals surface area (Å²) in [5.41, 5.74) is 1.24. The van der Waals surface area contributed by atoms with E-state index in [4.69, 9.17) is 0 Å². The number of alkyl halides is 3. The van der Waals surface area contributed by atoms with Crippen molar-refractivity contribution in [3.05, 3.63) is 17.0 Å². The fourth-order valence-corrected chi connectivity index (χ4v) is 2.09. The van der Waals surface area contributed by atoms with Crippen LogP contribution in [0.5, 0.6) is 0 Å². The van der Waals surface area contributed by atoms with Crippen molar-refractivity contribution in [3.8, 4) is 0 Å². The van der Waals surface area contributed by atoms with E-state index in [9.17, 15) is 18.0 Å². The molecule has 0 unspecified atom stereocenters. The van der Waals surface area contributed by atoms with E-state index in [-0.39, 0.29) is 5.78 Å². The van der Waals surface area contributed by atoms with Crippen molar-refractivity contribution in [2.45, 2.75) is 38.9 Å². The van der Waals surface area contributed by atoms with Crippen molar-refractivity contribution in [2.75, 3.05) is 0 Å². The predicted octanol–water partition coefficient (Wildman–Crippen LogP) is 2.27. The molecule has 88 valence electrons. The van der Waals surface area contributed by atoms with E-state index in [1.807, 2.05) is 0 Å². The van der Waals surface area contributed by atoms with Gasteiger partial charge in [-0.2, -0.15) is 18.3 Å². The lowest BCUT2D eigenvalue weighted by Crippen LogP contribution is -2.22. The van der Waals surface area contributed by atoms with Gasteiger partial charge in [0.05, 0.1) is 11.3 Å². The van der Waals surface area contributed by atoms with Crippen LogP contribution in [0.15, 0.2) is 0 Å². The van der Waals surface area contributed by atoms with Crippen LogP contribution < -0.4 is 0 Å². The maximum absolute atomic E-state index is 12.3. The average Bonchev–Trinajstić information content (AvgIpc) is 2.42. The molecule has 3 nitrogen and oxygen atoms in total. The van der Waals surface area contributed by atoms with Gasteiger partial charge in [-0.1, -0.05) is 0 Å². The lowest BCUT2D eigenvalue weighted by molar-refractivity contribution is -0.143. The van der Waals surface area contributed by atoms with Crippen LogP contribution >= 0.6 is 0 Å². The molecule has 0 aliphatic heterocycles. The fourth-order valence-electron chi connectivity index (χ4n) is 2.09. The minimum atomic E-state index is -4.30. The molecule has 0 radical (unpaired) electrons. The Labute approximate surface area is 90.2 Å². The van der Waals surface area contributed by atoms with Crippen LogP contribution in [0.25, 0.3) is 0 Å². The highest BCUT2D eigenvalue weighted by Crippen LogP contribution is 2.26. The van der Waals surface area contributed by atoms with Gasteiger partial charge < -0.3 is 0 Å². The largest absolute Gasteiger partial charge is 0.408 e. The second-order valence-electron chi connectivity index (χ2n) is 3.96. The highest BCUT2D eigenvalue weighted by Gasteiger charge is 2.32. The van der Waals surface area contributed by atoms with E-state index in [1.54, 1.807) is 6.92 Å². The molecule has 1 heterocycles. The molecule has 1 aromatic rings. The summed E-state index contributed by atoms with van der Waals surface area (Å²) in [5.74, 6) is -0.0906. The van der Waals surface area contributed by atoms with Crippen molar-refractivity contribution in [1.82, 2.24) is 9.78 Å². The summed E-state index contributed by atoms with van der Waals surface area (Å²) < 4.78 is 37.7. The van der Waals surface area contributed by atoms with Gasteiger partial charge in [-0.15, -0.1) is 0 Å². The number of hydrogen-bond acceptors (Lipinski definition) is 2. The number of Topliss-reactive ketones (excluding diaryl/α,β-unsaturated/α-hetero) is 1. The van der Waals surface area contributed by atoms with Gasteiger partial charge in [0.1, 0.15) is 6.54 Å². The Hall–Kier alpha value is -1.33. The van der Waals surface area contributed by atoms with Crippen LogP contribution in [0.1, 0.15) is 34.6 Å². The summed E-state index contributed by atoms with van der Waals surface area (Å²) in [5, 5.41) is 3.80. The first-order valence-electron chi connectivity index (χ1n) is 5.05. The van der Waals surface area contributed by atoms with Crippen LogP contribution in [-0.4, -0.2) is 21.7 Å². The molecule has 16 heavy (non-hydrogen) atoms. The number of halogens is 3. The minimum absolute atomic E-state index is 0.0906. The fraction of sp³-hybridized carbons (Fsp3) is 0.600. The van der Waals surface area contributed by atoms with Crippen LogP contribution in [0.3, 0.4) is 0 Å². The molecular weight excluding hydrogens is 221 g/mol. The van der Waals surface area contributed by atoms with Crippen molar-refractivity contribution >= 4 is 5.78 Å². The summed E-state index contributed by atoms with van der Waals surface area (Å²) in [7, 11) is 0. The Morgan fingerprint density at radius 2 is 2.06 bits per heavy atom. The standard InChI is InChI=1S/C10H11F3N2O/c1-6-9-7(3-2-4-8(9)16)15(14-6)5-10(11,12)13/h2-5H2,1H3. The van der Waals surface area contributed by atoms with Crippen molar-refractivity contribution < 1.29 is 18.0 Å². The smallest absolute Gasteiger partial charge is 0.294 e. The third-order valence-electron chi connectivity index (χ3n) is 2.66. The third kappa shape index (κ3) is 1.96. The molecular formula is C10H11F3N2O. The molecule has 1 aliphatic rings. The highest BCUT2D eigenvalue weighted by atomic mass is 19.4. The van der Waals surface area contributed by atoms with Crippen molar-refractivity contribution in [3.63, 3.8) is 0 Å². The Balaban J connectivity index is 2.42. The van der Waals surface area contributed by atoms with Gasteiger partial charge >= 0.3 is 6.18 Å². The van der Waals surface area contributed by atoms with E-state index >= 15 is 0 Å². The third-order valence-corrected chi connectivity index (χ3v) is 2.66. The number of nitrogens with zero attached hydrogens (tertiary/aromatic N) is 2. The molecule has 0 fully saturated rings. The van der Waals surface area contributed by atoms with E-state index in [0.29, 0.717) is 36.2 Å². The number of hydrogen-bond donors (Lipinski definition) is 0. The van der Waals surface area contributed by atoms with Gasteiger partial charge in [0.25, 0.3) is 0 Å². The lowest BCUT2D eigenvalue weighted by atomic mass is 9.95. The van der Waals surface area contributed by atoms with E-state index in [0.717, 1.165) is 4.68 Å². The summed E-state index contributed by atoms with van der Waals surface area (Å²) in [6, 6.07) is 0. The Morgan fingerprint density at radius 3 is 2.69 bits per heavy atom. The van der Waals surface area contributed by atoms with Gasteiger partial charge in [0, 0.05) is 12.1 Å². The molecule has 0 spiro atoms. The molecule has 0 atom stereocenters. The summed E-state index contributed by atoms with van der Waals surface area (Å²) >= 11 is 0. The monoisotopic (exact) mass is 232 g/mol. The second kappa shape index (κ2) is 3.61. The number of carbonyl (C=O) groups excluding carboxylic acids is 1. The Morgan fingerprint density at radius 1 is 1.38 bits per heavy atom. The summed E-state index contributed by atoms with van der Waals surface area (Å²) in [4.78, 5) is 11.6. The van der Waals surface area contributed by atoms with Crippen LogP contribution in [0.2, 0.25) is 0 Å². The predicted molar refractivity (Wildman–Crippen MR) is 50.3 cm³/mol.